The normalized spacial score (nSPS) is 31.2. The molecule has 0 aromatic carbocycles. The van der Waals surface area contributed by atoms with Crippen molar-refractivity contribution >= 4 is 21.8 Å². The lowest BCUT2D eigenvalue weighted by atomic mass is 9.82. The number of alkyl halides is 1. The van der Waals surface area contributed by atoms with Crippen LogP contribution in [0.25, 0.3) is 0 Å². The number of hydrogen-bond acceptors (Lipinski definition) is 2. The number of morpholine rings is 1. The number of rotatable bonds is 3. The molecule has 0 spiro atoms. The minimum absolute atomic E-state index is 0.161. The Morgan fingerprint density at radius 2 is 2.19 bits per heavy atom. The summed E-state index contributed by atoms with van der Waals surface area (Å²) in [5.41, 5.74) is 0. The Morgan fingerprint density at radius 3 is 2.75 bits per heavy atom. The Hall–Kier alpha value is -0.0900. The summed E-state index contributed by atoms with van der Waals surface area (Å²) in [6.07, 6.45) is 4.88. The Balaban J connectivity index is 1.84. The lowest BCUT2D eigenvalue weighted by Crippen LogP contribution is -2.50. The fourth-order valence-corrected chi connectivity index (χ4v) is 2.76. The van der Waals surface area contributed by atoms with Crippen LogP contribution >= 0.6 is 15.9 Å². The van der Waals surface area contributed by atoms with Crippen LogP contribution in [0, 0.1) is 5.92 Å². The molecule has 1 heterocycles. The summed E-state index contributed by atoms with van der Waals surface area (Å²) in [5.74, 6) is 0.985. The maximum Gasteiger partial charge on any atom is 0.223 e. The van der Waals surface area contributed by atoms with Crippen molar-refractivity contribution in [3.8, 4) is 0 Å². The fraction of sp³-hybridized carbons (Fsp3) is 0.917. The second-order valence-electron chi connectivity index (χ2n) is 5.02. The van der Waals surface area contributed by atoms with E-state index in [1.165, 1.54) is 19.3 Å². The Labute approximate surface area is 106 Å². The minimum Gasteiger partial charge on any atom is -0.371 e. The van der Waals surface area contributed by atoms with Crippen LogP contribution in [0.5, 0.6) is 0 Å². The van der Waals surface area contributed by atoms with E-state index in [4.69, 9.17) is 4.74 Å². The highest BCUT2D eigenvalue weighted by Crippen LogP contribution is 2.30. The van der Waals surface area contributed by atoms with Gasteiger partial charge in [0.1, 0.15) is 0 Å². The molecule has 1 amide bonds. The minimum atomic E-state index is 0.161. The SMILES string of the molecule is CC1CN(C(=O)CC2CCC2)CC(CBr)O1. The second-order valence-corrected chi connectivity index (χ2v) is 5.67. The van der Waals surface area contributed by atoms with Crippen LogP contribution in [0.2, 0.25) is 0 Å². The van der Waals surface area contributed by atoms with E-state index in [2.05, 4.69) is 15.9 Å². The van der Waals surface area contributed by atoms with Gasteiger partial charge in [-0.2, -0.15) is 0 Å². The van der Waals surface area contributed by atoms with Crippen molar-refractivity contribution in [2.24, 2.45) is 5.92 Å². The maximum atomic E-state index is 12.1. The topological polar surface area (TPSA) is 29.5 Å². The van der Waals surface area contributed by atoms with Crippen molar-refractivity contribution in [2.45, 2.75) is 44.8 Å². The van der Waals surface area contributed by atoms with Crippen molar-refractivity contribution < 1.29 is 9.53 Å². The molecule has 0 N–H and O–H groups in total. The van der Waals surface area contributed by atoms with E-state index in [9.17, 15) is 4.79 Å². The third kappa shape index (κ3) is 2.98. The molecule has 1 saturated heterocycles. The van der Waals surface area contributed by atoms with Gasteiger partial charge in [-0.25, -0.2) is 0 Å². The van der Waals surface area contributed by atoms with Gasteiger partial charge in [0.25, 0.3) is 0 Å². The third-order valence-electron chi connectivity index (χ3n) is 3.54. The number of halogens is 1. The van der Waals surface area contributed by atoms with Crippen LogP contribution in [-0.4, -0.2) is 41.4 Å². The van der Waals surface area contributed by atoms with E-state index >= 15 is 0 Å². The zero-order valence-electron chi connectivity index (χ0n) is 9.82. The summed E-state index contributed by atoms with van der Waals surface area (Å²) in [6.45, 7) is 3.55. The number of carbonyl (C=O) groups excluding carboxylic acids is 1. The van der Waals surface area contributed by atoms with E-state index < -0.39 is 0 Å². The Morgan fingerprint density at radius 1 is 1.44 bits per heavy atom. The molecule has 2 aliphatic rings. The molecule has 2 fully saturated rings. The molecule has 1 aliphatic carbocycles. The van der Waals surface area contributed by atoms with E-state index in [0.29, 0.717) is 11.8 Å². The standard InChI is InChI=1S/C12H20BrNO2/c1-9-7-14(8-11(6-13)16-9)12(15)5-10-3-2-4-10/h9-11H,2-8H2,1H3. The first-order valence-electron chi connectivity index (χ1n) is 6.18. The van der Waals surface area contributed by atoms with Crippen LogP contribution in [0.1, 0.15) is 32.6 Å². The molecule has 0 aromatic heterocycles. The van der Waals surface area contributed by atoms with Crippen LogP contribution in [0.4, 0.5) is 0 Å². The summed E-state index contributed by atoms with van der Waals surface area (Å²) in [4.78, 5) is 14.0. The first-order chi connectivity index (χ1) is 7.69. The number of hydrogen-bond donors (Lipinski definition) is 0. The summed E-state index contributed by atoms with van der Waals surface area (Å²) in [6, 6.07) is 0. The van der Waals surface area contributed by atoms with Gasteiger partial charge in [-0.15, -0.1) is 0 Å². The molecule has 4 heteroatoms. The largest absolute Gasteiger partial charge is 0.371 e. The van der Waals surface area contributed by atoms with Crippen LogP contribution in [0.3, 0.4) is 0 Å². The van der Waals surface area contributed by atoms with E-state index in [-0.39, 0.29) is 12.2 Å². The van der Waals surface area contributed by atoms with Crippen molar-refractivity contribution in [1.82, 2.24) is 4.90 Å². The molecular formula is C12H20BrNO2. The zero-order valence-corrected chi connectivity index (χ0v) is 11.4. The molecule has 2 unspecified atom stereocenters. The van der Waals surface area contributed by atoms with Crippen LogP contribution in [0.15, 0.2) is 0 Å². The molecule has 0 bridgehead atoms. The first-order valence-corrected chi connectivity index (χ1v) is 7.30. The third-order valence-corrected chi connectivity index (χ3v) is 4.26. The fourth-order valence-electron chi connectivity index (χ4n) is 2.41. The van der Waals surface area contributed by atoms with Gasteiger partial charge in [-0.3, -0.25) is 4.79 Å². The average molecular weight is 290 g/mol. The summed E-state index contributed by atoms with van der Waals surface area (Å²) < 4.78 is 5.72. The highest BCUT2D eigenvalue weighted by molar-refractivity contribution is 9.09. The van der Waals surface area contributed by atoms with E-state index in [1.807, 2.05) is 11.8 Å². The van der Waals surface area contributed by atoms with Crippen molar-refractivity contribution in [2.75, 3.05) is 18.4 Å². The molecule has 2 atom stereocenters. The van der Waals surface area contributed by atoms with Crippen LogP contribution in [-0.2, 0) is 9.53 Å². The predicted octanol–water partition coefficient (Wildman–Crippen LogP) is 2.19. The molecule has 92 valence electrons. The monoisotopic (exact) mass is 289 g/mol. The van der Waals surface area contributed by atoms with Gasteiger partial charge in [0.2, 0.25) is 5.91 Å². The lowest BCUT2D eigenvalue weighted by molar-refractivity contribution is -0.144. The summed E-state index contributed by atoms with van der Waals surface area (Å²) >= 11 is 3.43. The molecular weight excluding hydrogens is 270 g/mol. The summed E-state index contributed by atoms with van der Waals surface area (Å²) in [5, 5.41) is 0.810. The average Bonchev–Trinajstić information content (AvgIpc) is 2.22. The second kappa shape index (κ2) is 5.50. The first kappa shape index (κ1) is 12.4. The lowest BCUT2D eigenvalue weighted by Gasteiger charge is -2.37. The van der Waals surface area contributed by atoms with Gasteiger partial charge < -0.3 is 9.64 Å². The van der Waals surface area contributed by atoms with Crippen LogP contribution < -0.4 is 0 Å². The number of amides is 1. The van der Waals surface area contributed by atoms with Gasteiger partial charge in [-0.1, -0.05) is 22.4 Å². The molecule has 16 heavy (non-hydrogen) atoms. The van der Waals surface area contributed by atoms with E-state index in [0.717, 1.165) is 24.8 Å². The quantitative estimate of drug-likeness (QED) is 0.746. The number of carbonyl (C=O) groups is 1. The van der Waals surface area contributed by atoms with Gasteiger partial charge in [0, 0.05) is 24.8 Å². The summed E-state index contributed by atoms with van der Waals surface area (Å²) in [7, 11) is 0. The number of ether oxygens (including phenoxy) is 1. The highest BCUT2D eigenvalue weighted by Gasteiger charge is 2.30. The predicted molar refractivity (Wildman–Crippen MR) is 66.7 cm³/mol. The molecule has 3 nitrogen and oxygen atoms in total. The smallest absolute Gasteiger partial charge is 0.223 e. The molecule has 0 radical (unpaired) electrons. The Kier molecular flexibility index (Phi) is 4.25. The van der Waals surface area contributed by atoms with Crippen molar-refractivity contribution in [1.29, 1.82) is 0 Å². The number of nitrogens with zero attached hydrogens (tertiary/aromatic N) is 1. The maximum absolute atomic E-state index is 12.1. The Bertz CT molecular complexity index is 255. The van der Waals surface area contributed by atoms with Crippen molar-refractivity contribution in [3.63, 3.8) is 0 Å². The van der Waals surface area contributed by atoms with E-state index in [1.54, 1.807) is 0 Å². The van der Waals surface area contributed by atoms with Gasteiger partial charge >= 0.3 is 0 Å². The molecule has 0 aromatic rings. The molecule has 1 saturated carbocycles. The van der Waals surface area contributed by atoms with Gasteiger partial charge in [0.05, 0.1) is 12.2 Å². The van der Waals surface area contributed by atoms with Gasteiger partial charge in [-0.05, 0) is 25.7 Å². The zero-order chi connectivity index (χ0) is 11.5. The van der Waals surface area contributed by atoms with Crippen molar-refractivity contribution in [3.05, 3.63) is 0 Å². The highest BCUT2D eigenvalue weighted by atomic mass is 79.9. The van der Waals surface area contributed by atoms with Gasteiger partial charge in [0.15, 0.2) is 0 Å². The molecule has 2 rings (SSSR count). The molecule has 1 aliphatic heterocycles.